The molecule has 6 heteroatoms. The minimum Gasteiger partial charge on any atom is -0.466 e. The zero-order chi connectivity index (χ0) is 40.8. The maximum atomic E-state index is 12.8. The minimum atomic E-state index is -0.0269. The molecule has 1 N–H and O–H groups in total. The van der Waals surface area contributed by atoms with E-state index in [1.54, 1.807) is 0 Å². The molecule has 0 saturated carbocycles. The smallest absolute Gasteiger partial charge is 0.306 e. The molecule has 0 amide bonds. The third-order valence-electron chi connectivity index (χ3n) is 11.7. The second-order valence-corrected chi connectivity index (χ2v) is 17.3. The second-order valence-electron chi connectivity index (χ2n) is 17.3. The van der Waals surface area contributed by atoms with Crippen LogP contribution in [0.1, 0.15) is 271 Å². The quantitative estimate of drug-likeness (QED) is 0.0488. The number of ether oxygens (including phenoxy) is 2. The Labute approximate surface area is 350 Å². The first-order valence-electron chi connectivity index (χ1n) is 25.3. The normalized spacial score (nSPS) is 11.6. The Bertz CT molecular complexity index is 771. The number of rotatable bonds is 47. The summed E-state index contributed by atoms with van der Waals surface area (Å²) in [5.41, 5.74) is 0. The van der Waals surface area contributed by atoms with Gasteiger partial charge in [-0.15, -0.1) is 0 Å². The third-order valence-corrected chi connectivity index (χ3v) is 11.7. The van der Waals surface area contributed by atoms with Crippen LogP contribution >= 0.6 is 0 Å². The summed E-state index contributed by atoms with van der Waals surface area (Å²) >= 11 is 0. The van der Waals surface area contributed by atoms with Gasteiger partial charge in [0.1, 0.15) is 6.10 Å². The van der Waals surface area contributed by atoms with E-state index in [1.807, 2.05) is 0 Å². The van der Waals surface area contributed by atoms with E-state index >= 15 is 0 Å². The number of aliphatic hydroxyl groups excluding tert-OH is 1. The van der Waals surface area contributed by atoms with Gasteiger partial charge >= 0.3 is 11.9 Å². The van der Waals surface area contributed by atoms with E-state index < -0.39 is 0 Å². The Hall–Kier alpha value is -1.14. The van der Waals surface area contributed by atoms with Crippen molar-refractivity contribution in [3.63, 3.8) is 0 Å². The summed E-state index contributed by atoms with van der Waals surface area (Å²) in [4.78, 5) is 27.3. The molecule has 0 rings (SSSR count). The number of unbranched alkanes of at least 4 members (excludes halogenated alkanes) is 30. The van der Waals surface area contributed by atoms with Crippen molar-refractivity contribution in [1.82, 2.24) is 4.90 Å². The molecule has 0 heterocycles. The van der Waals surface area contributed by atoms with Crippen LogP contribution in [0.25, 0.3) is 0 Å². The van der Waals surface area contributed by atoms with Crippen molar-refractivity contribution < 1.29 is 24.2 Å². The maximum absolute atomic E-state index is 12.8. The highest BCUT2D eigenvalue weighted by Gasteiger charge is 2.14. The summed E-state index contributed by atoms with van der Waals surface area (Å²) < 4.78 is 11.5. The average Bonchev–Trinajstić information content (AvgIpc) is 3.19. The number of hydrogen-bond donors (Lipinski definition) is 1. The molecule has 0 aliphatic heterocycles. The predicted octanol–water partition coefficient (Wildman–Crippen LogP) is 15.0. The van der Waals surface area contributed by atoms with Crippen LogP contribution in [0.4, 0.5) is 0 Å². The Morgan fingerprint density at radius 3 is 1.16 bits per heavy atom. The number of carbonyl (C=O) groups excluding carboxylic acids is 2. The fourth-order valence-corrected chi connectivity index (χ4v) is 7.94. The van der Waals surface area contributed by atoms with Gasteiger partial charge in [-0.1, -0.05) is 201 Å². The molecule has 0 aliphatic carbocycles. The van der Waals surface area contributed by atoms with Gasteiger partial charge in [-0.05, 0) is 70.9 Å². The molecular formula is C50H99NO5. The van der Waals surface area contributed by atoms with Crippen LogP contribution in [0.3, 0.4) is 0 Å². The first-order valence-corrected chi connectivity index (χ1v) is 25.3. The van der Waals surface area contributed by atoms with Gasteiger partial charge in [0, 0.05) is 19.4 Å². The maximum Gasteiger partial charge on any atom is 0.306 e. The Morgan fingerprint density at radius 1 is 0.411 bits per heavy atom. The van der Waals surface area contributed by atoms with E-state index in [4.69, 9.17) is 9.47 Å². The molecule has 56 heavy (non-hydrogen) atoms. The van der Waals surface area contributed by atoms with Gasteiger partial charge in [-0.3, -0.25) is 9.59 Å². The predicted molar refractivity (Wildman–Crippen MR) is 241 cm³/mol. The van der Waals surface area contributed by atoms with E-state index in [9.17, 15) is 14.7 Å². The van der Waals surface area contributed by atoms with E-state index in [-0.39, 0.29) is 24.6 Å². The molecule has 0 aromatic heterocycles. The Morgan fingerprint density at radius 2 is 0.750 bits per heavy atom. The first-order chi connectivity index (χ1) is 27.6. The van der Waals surface area contributed by atoms with Gasteiger partial charge < -0.3 is 19.5 Å². The molecular weight excluding hydrogens is 695 g/mol. The SMILES string of the molecule is CCCCCCCCCCCOC(=O)CCCCCCCN(CCO)CCCCCCCC(=O)OC(CCCCCCCCCC)CCCCCCCCCC. The number of nitrogens with zero attached hydrogens (tertiary/aromatic N) is 1. The molecule has 0 saturated heterocycles. The van der Waals surface area contributed by atoms with Crippen molar-refractivity contribution in [3.05, 3.63) is 0 Å². The zero-order valence-electron chi connectivity index (χ0n) is 38.2. The lowest BCUT2D eigenvalue weighted by Crippen LogP contribution is -2.29. The highest BCUT2D eigenvalue weighted by atomic mass is 16.5. The number of carbonyl (C=O) groups is 2. The molecule has 334 valence electrons. The van der Waals surface area contributed by atoms with Crippen molar-refractivity contribution in [1.29, 1.82) is 0 Å². The lowest BCUT2D eigenvalue weighted by Gasteiger charge is -2.21. The van der Waals surface area contributed by atoms with Gasteiger partial charge in [0.25, 0.3) is 0 Å². The molecule has 0 radical (unpaired) electrons. The first kappa shape index (κ1) is 54.9. The van der Waals surface area contributed by atoms with Gasteiger partial charge in [0.05, 0.1) is 13.2 Å². The highest BCUT2D eigenvalue weighted by Crippen LogP contribution is 2.19. The third kappa shape index (κ3) is 42.5. The highest BCUT2D eigenvalue weighted by molar-refractivity contribution is 5.69. The van der Waals surface area contributed by atoms with Crippen LogP contribution in [-0.4, -0.2) is 60.9 Å². The molecule has 0 aromatic carbocycles. The summed E-state index contributed by atoms with van der Waals surface area (Å²) in [7, 11) is 0. The molecule has 0 fully saturated rings. The van der Waals surface area contributed by atoms with Gasteiger partial charge in [-0.2, -0.15) is 0 Å². The molecule has 0 spiro atoms. The number of esters is 2. The van der Waals surface area contributed by atoms with Crippen molar-refractivity contribution in [2.45, 2.75) is 277 Å². The minimum absolute atomic E-state index is 0.0209. The lowest BCUT2D eigenvalue weighted by molar-refractivity contribution is -0.150. The fraction of sp³-hybridized carbons (Fsp3) is 0.960. The van der Waals surface area contributed by atoms with Crippen LogP contribution < -0.4 is 0 Å². The number of hydrogen-bond acceptors (Lipinski definition) is 6. The van der Waals surface area contributed by atoms with Crippen LogP contribution in [-0.2, 0) is 19.1 Å². The topological polar surface area (TPSA) is 76.1 Å². The largest absolute Gasteiger partial charge is 0.466 e. The van der Waals surface area contributed by atoms with Crippen LogP contribution in [0.15, 0.2) is 0 Å². The molecule has 0 bridgehead atoms. The average molecular weight is 794 g/mol. The Balaban J connectivity index is 4.00. The monoisotopic (exact) mass is 794 g/mol. The summed E-state index contributed by atoms with van der Waals surface area (Å²) in [6.45, 7) is 10.4. The van der Waals surface area contributed by atoms with Crippen molar-refractivity contribution in [2.24, 2.45) is 0 Å². The van der Waals surface area contributed by atoms with Gasteiger partial charge in [0.2, 0.25) is 0 Å². The van der Waals surface area contributed by atoms with Crippen LogP contribution in [0.2, 0.25) is 0 Å². The molecule has 0 atom stereocenters. The zero-order valence-corrected chi connectivity index (χ0v) is 38.2. The van der Waals surface area contributed by atoms with Crippen molar-refractivity contribution in [3.8, 4) is 0 Å². The summed E-state index contributed by atoms with van der Waals surface area (Å²) in [6, 6.07) is 0. The molecule has 0 aromatic rings. The second kappa shape index (κ2) is 46.5. The standard InChI is InChI=1S/C50H99NO5/c1-4-7-10-13-16-19-22-31-38-47-55-49(53)41-34-27-23-29-36-43-51(45-46-52)44-37-30-24-28-35-42-50(54)56-48(39-32-25-20-17-14-11-8-5-2)40-33-26-21-18-15-12-9-6-3/h48,52H,4-47H2,1-3H3. The van der Waals surface area contributed by atoms with Crippen LogP contribution in [0.5, 0.6) is 0 Å². The molecule has 6 nitrogen and oxygen atoms in total. The van der Waals surface area contributed by atoms with E-state index in [0.29, 0.717) is 19.4 Å². The summed E-state index contributed by atoms with van der Waals surface area (Å²) in [6.07, 6.45) is 46.9. The van der Waals surface area contributed by atoms with E-state index in [1.165, 1.54) is 167 Å². The van der Waals surface area contributed by atoms with Gasteiger partial charge in [0.15, 0.2) is 0 Å². The van der Waals surface area contributed by atoms with E-state index in [2.05, 4.69) is 25.7 Å². The lowest BCUT2D eigenvalue weighted by atomic mass is 10.0. The summed E-state index contributed by atoms with van der Waals surface area (Å²) in [5.74, 6) is -0.00604. The molecule has 0 aliphatic rings. The number of aliphatic hydroxyl groups is 1. The Kier molecular flexibility index (Phi) is 45.6. The van der Waals surface area contributed by atoms with E-state index in [0.717, 1.165) is 90.3 Å². The fourth-order valence-electron chi connectivity index (χ4n) is 7.94. The molecule has 0 unspecified atom stereocenters. The van der Waals surface area contributed by atoms with Crippen molar-refractivity contribution in [2.75, 3.05) is 32.8 Å². The van der Waals surface area contributed by atoms with Crippen molar-refractivity contribution >= 4 is 11.9 Å². The summed E-state index contributed by atoms with van der Waals surface area (Å²) in [5, 5.41) is 9.59. The van der Waals surface area contributed by atoms with Crippen LogP contribution in [0, 0.1) is 0 Å². The van der Waals surface area contributed by atoms with Gasteiger partial charge in [-0.25, -0.2) is 0 Å².